The molecule has 0 aliphatic heterocycles. The summed E-state index contributed by atoms with van der Waals surface area (Å²) in [5.41, 5.74) is 1.05. The Morgan fingerprint density at radius 3 is 1.75 bits per heavy atom. The zero-order valence-corrected chi connectivity index (χ0v) is 14.0. The monoisotopic (exact) mass is 348 g/mol. The van der Waals surface area contributed by atoms with Crippen molar-refractivity contribution in [3.63, 3.8) is 0 Å². The van der Waals surface area contributed by atoms with E-state index in [1.54, 1.807) is 6.08 Å². The van der Waals surface area contributed by atoms with E-state index in [1.807, 2.05) is 24.3 Å². The molecule has 2 aromatic carbocycles. The summed E-state index contributed by atoms with van der Waals surface area (Å²) >= 11 is 0. The van der Waals surface area contributed by atoms with Crippen LogP contribution in [0.25, 0.3) is 6.08 Å². The van der Waals surface area contributed by atoms with Gasteiger partial charge in [0.25, 0.3) is 10.1 Å². The Morgan fingerprint density at radius 1 is 0.875 bits per heavy atom. The molecular formula is C18H20O5S. The van der Waals surface area contributed by atoms with E-state index >= 15 is 0 Å². The Hall–Kier alpha value is -2.31. The number of benzene rings is 2. The smallest absolute Gasteiger partial charge is 0.294 e. The van der Waals surface area contributed by atoms with Crippen LogP contribution >= 0.6 is 0 Å². The maximum absolute atomic E-state index is 10.9. The quantitative estimate of drug-likeness (QED) is 0.551. The number of hydrogen-bond donors (Lipinski definition) is 1. The summed E-state index contributed by atoms with van der Waals surface area (Å²) in [5, 5.41) is 0. The molecule has 0 atom stereocenters. The Labute approximate surface area is 142 Å². The lowest BCUT2D eigenvalue weighted by atomic mass is 10.2. The Kier molecular flexibility index (Phi) is 6.40. The highest BCUT2D eigenvalue weighted by molar-refractivity contribution is 7.85. The van der Waals surface area contributed by atoms with Crippen LogP contribution < -0.4 is 9.47 Å². The molecule has 0 bridgehead atoms. The van der Waals surface area contributed by atoms with E-state index in [-0.39, 0.29) is 4.90 Å². The highest BCUT2D eigenvalue weighted by Gasteiger charge is 2.08. The fourth-order valence-corrected chi connectivity index (χ4v) is 2.47. The predicted molar refractivity (Wildman–Crippen MR) is 93.0 cm³/mol. The fraction of sp³-hybridized carbons (Fsp3) is 0.222. The fourth-order valence-electron chi connectivity index (χ4n) is 1.99. The Balaban J connectivity index is 1.65. The summed E-state index contributed by atoms with van der Waals surface area (Å²) in [7, 11) is -4.16. The van der Waals surface area contributed by atoms with Gasteiger partial charge in [0.15, 0.2) is 0 Å². The summed E-state index contributed by atoms with van der Waals surface area (Å²) in [4.78, 5) is -0.147. The van der Waals surface area contributed by atoms with Crippen LogP contribution in [0.4, 0.5) is 0 Å². The van der Waals surface area contributed by atoms with Crippen molar-refractivity contribution in [1.82, 2.24) is 0 Å². The molecule has 0 heterocycles. The molecule has 0 unspecified atom stereocenters. The lowest BCUT2D eigenvalue weighted by Crippen LogP contribution is -2.03. The molecule has 0 fully saturated rings. The third kappa shape index (κ3) is 5.72. The highest BCUT2D eigenvalue weighted by atomic mass is 32.2. The second kappa shape index (κ2) is 8.52. The van der Waals surface area contributed by atoms with Crippen LogP contribution in [0.2, 0.25) is 0 Å². The van der Waals surface area contributed by atoms with Gasteiger partial charge in [0.1, 0.15) is 11.5 Å². The summed E-state index contributed by atoms with van der Waals surface area (Å²) in [6.07, 6.45) is 3.43. The van der Waals surface area contributed by atoms with Gasteiger partial charge in [-0.2, -0.15) is 8.42 Å². The van der Waals surface area contributed by atoms with E-state index in [0.717, 1.165) is 24.2 Å². The van der Waals surface area contributed by atoms with Crippen molar-refractivity contribution in [3.8, 4) is 11.5 Å². The molecule has 5 nitrogen and oxygen atoms in total. The van der Waals surface area contributed by atoms with Crippen molar-refractivity contribution in [2.45, 2.75) is 17.7 Å². The first-order chi connectivity index (χ1) is 11.5. The van der Waals surface area contributed by atoms with Crippen molar-refractivity contribution >= 4 is 16.2 Å². The van der Waals surface area contributed by atoms with E-state index in [0.29, 0.717) is 19.0 Å². The lowest BCUT2D eigenvalue weighted by Gasteiger charge is -2.08. The van der Waals surface area contributed by atoms with E-state index in [1.165, 1.54) is 24.3 Å². The highest BCUT2D eigenvalue weighted by Crippen LogP contribution is 2.16. The zero-order chi connectivity index (χ0) is 17.4. The largest absolute Gasteiger partial charge is 0.494 e. The van der Waals surface area contributed by atoms with Gasteiger partial charge in [-0.3, -0.25) is 4.55 Å². The number of ether oxygens (including phenoxy) is 2. The van der Waals surface area contributed by atoms with Crippen LogP contribution in [0.15, 0.2) is 60.0 Å². The van der Waals surface area contributed by atoms with E-state index < -0.39 is 10.1 Å². The molecular weight excluding hydrogens is 328 g/mol. The van der Waals surface area contributed by atoms with Crippen molar-refractivity contribution in [2.24, 2.45) is 0 Å². The summed E-state index contributed by atoms with van der Waals surface area (Å²) in [6, 6.07) is 13.3. The van der Waals surface area contributed by atoms with Gasteiger partial charge in [-0.25, -0.2) is 0 Å². The molecule has 0 radical (unpaired) electrons. The molecule has 0 saturated heterocycles. The normalized spacial score (nSPS) is 11.0. The minimum Gasteiger partial charge on any atom is -0.494 e. The summed E-state index contributed by atoms with van der Waals surface area (Å²) < 4.78 is 41.9. The molecule has 0 aromatic heterocycles. The minimum absolute atomic E-state index is 0.147. The van der Waals surface area contributed by atoms with Gasteiger partial charge < -0.3 is 9.47 Å². The molecule has 0 aliphatic carbocycles. The average Bonchev–Trinajstić information content (AvgIpc) is 2.58. The first kappa shape index (κ1) is 18.0. The van der Waals surface area contributed by atoms with E-state index in [2.05, 4.69) is 6.58 Å². The van der Waals surface area contributed by atoms with Gasteiger partial charge in [0, 0.05) is 0 Å². The van der Waals surface area contributed by atoms with Crippen molar-refractivity contribution in [3.05, 3.63) is 60.7 Å². The Bertz CT molecular complexity index is 749. The number of rotatable bonds is 9. The molecule has 0 saturated carbocycles. The van der Waals surface area contributed by atoms with E-state index in [4.69, 9.17) is 14.0 Å². The molecule has 1 N–H and O–H groups in total. The molecule has 0 spiro atoms. The summed E-state index contributed by atoms with van der Waals surface area (Å²) in [5.74, 6) is 1.38. The van der Waals surface area contributed by atoms with Crippen LogP contribution in [-0.2, 0) is 10.1 Å². The standard InChI is InChI=1S/C18H20O5S/c1-2-15-5-7-16(8-6-15)22-13-3-4-14-23-17-9-11-18(12-10-17)24(19,20)21/h2,5-12H,1,3-4,13-14H2,(H,19,20,21). The predicted octanol–water partition coefficient (Wildman–Crippen LogP) is 3.81. The maximum atomic E-state index is 10.9. The van der Waals surface area contributed by atoms with Gasteiger partial charge in [-0.15, -0.1) is 0 Å². The first-order valence-electron chi connectivity index (χ1n) is 7.55. The van der Waals surface area contributed by atoms with Crippen LogP contribution in [0, 0.1) is 0 Å². The second-order valence-electron chi connectivity index (χ2n) is 5.12. The van der Waals surface area contributed by atoms with Crippen LogP contribution in [-0.4, -0.2) is 26.2 Å². The van der Waals surface area contributed by atoms with Crippen molar-refractivity contribution in [1.29, 1.82) is 0 Å². The number of unbranched alkanes of at least 4 members (excludes halogenated alkanes) is 1. The maximum Gasteiger partial charge on any atom is 0.294 e. The minimum atomic E-state index is -4.16. The van der Waals surface area contributed by atoms with Crippen LogP contribution in [0.5, 0.6) is 11.5 Å². The van der Waals surface area contributed by atoms with Crippen LogP contribution in [0.1, 0.15) is 18.4 Å². The molecule has 2 aromatic rings. The van der Waals surface area contributed by atoms with E-state index in [9.17, 15) is 8.42 Å². The van der Waals surface area contributed by atoms with Gasteiger partial charge in [-0.05, 0) is 54.8 Å². The van der Waals surface area contributed by atoms with Crippen molar-refractivity contribution in [2.75, 3.05) is 13.2 Å². The SMILES string of the molecule is C=Cc1ccc(OCCCCOc2ccc(S(=O)(=O)O)cc2)cc1. The average molecular weight is 348 g/mol. The zero-order valence-electron chi connectivity index (χ0n) is 13.2. The molecule has 6 heteroatoms. The molecule has 0 aliphatic rings. The third-order valence-corrected chi connectivity index (χ3v) is 4.18. The van der Waals surface area contributed by atoms with Gasteiger partial charge in [-0.1, -0.05) is 24.8 Å². The second-order valence-corrected chi connectivity index (χ2v) is 6.55. The Morgan fingerprint density at radius 2 is 1.33 bits per heavy atom. The van der Waals surface area contributed by atoms with Gasteiger partial charge in [0.05, 0.1) is 18.1 Å². The molecule has 128 valence electrons. The van der Waals surface area contributed by atoms with Crippen molar-refractivity contribution < 1.29 is 22.4 Å². The van der Waals surface area contributed by atoms with Crippen LogP contribution in [0.3, 0.4) is 0 Å². The molecule has 24 heavy (non-hydrogen) atoms. The number of hydrogen-bond acceptors (Lipinski definition) is 4. The molecule has 2 rings (SSSR count). The third-order valence-electron chi connectivity index (χ3n) is 3.31. The topological polar surface area (TPSA) is 72.8 Å². The van der Waals surface area contributed by atoms with Gasteiger partial charge in [0.2, 0.25) is 0 Å². The van der Waals surface area contributed by atoms with Gasteiger partial charge >= 0.3 is 0 Å². The molecule has 0 amide bonds. The lowest BCUT2D eigenvalue weighted by molar-refractivity contribution is 0.266. The first-order valence-corrected chi connectivity index (χ1v) is 8.99. The summed E-state index contributed by atoms with van der Waals surface area (Å²) in [6.45, 7) is 4.80.